The Morgan fingerprint density at radius 1 is 1.18 bits per heavy atom. The van der Waals surface area contributed by atoms with Crippen molar-refractivity contribution in [2.24, 2.45) is 18.9 Å². The number of rotatable bonds is 7. The van der Waals surface area contributed by atoms with Crippen LogP contribution in [-0.2, 0) is 31.0 Å². The standard InChI is InChI=1S/C34H43N7O7S/c1-19(2)26(42)30(44)37-23-11-9-7-5-6-8-10-20-17-34(20,33(46)47-4)39-29(43)25-16-21(18-41(25)32(23)45)48-31-27-22(13-15-49-27)36-28(38-31)24-12-14-35-40(24)3/h8,10,12-15,19-21,23,25-26,42H,5-7,9,11,16-18H2,1-4H3,(H,37,44)(H,39,43)/t20-,21-,23+,25+,26+,34-/m1/s1. The number of aryl methyl sites for hydroxylation is 1. The monoisotopic (exact) mass is 693 g/mol. The Hall–Kier alpha value is -4.37. The van der Waals surface area contributed by atoms with E-state index in [-0.39, 0.29) is 24.8 Å². The first kappa shape index (κ1) is 34.5. The van der Waals surface area contributed by atoms with Gasteiger partial charge in [-0.05, 0) is 49.1 Å². The van der Waals surface area contributed by atoms with Gasteiger partial charge in [0.05, 0.1) is 19.2 Å². The number of aromatic nitrogens is 4. The summed E-state index contributed by atoms with van der Waals surface area (Å²) in [6.45, 7) is 3.47. The minimum Gasteiger partial charge on any atom is -0.471 e. The summed E-state index contributed by atoms with van der Waals surface area (Å²) in [5.74, 6) is -2.00. The number of ether oxygens (including phenoxy) is 2. The second kappa shape index (κ2) is 14.2. The van der Waals surface area contributed by atoms with Crippen molar-refractivity contribution in [1.82, 2.24) is 35.3 Å². The molecular weight excluding hydrogens is 650 g/mol. The lowest BCUT2D eigenvalue weighted by Crippen LogP contribution is -2.57. The summed E-state index contributed by atoms with van der Waals surface area (Å²) >= 11 is 1.42. The maximum Gasteiger partial charge on any atom is 0.332 e. The molecule has 2 fully saturated rings. The highest BCUT2D eigenvalue weighted by molar-refractivity contribution is 7.17. The topological polar surface area (TPSA) is 178 Å². The first-order valence-corrected chi connectivity index (χ1v) is 17.7. The van der Waals surface area contributed by atoms with Gasteiger partial charge in [-0.15, -0.1) is 11.3 Å². The van der Waals surface area contributed by atoms with E-state index >= 15 is 0 Å². The van der Waals surface area contributed by atoms with Gasteiger partial charge in [0.2, 0.25) is 23.6 Å². The molecule has 0 bridgehead atoms. The molecule has 0 unspecified atom stereocenters. The van der Waals surface area contributed by atoms with E-state index in [1.807, 2.05) is 23.6 Å². The molecule has 1 saturated heterocycles. The van der Waals surface area contributed by atoms with Gasteiger partial charge in [-0.3, -0.25) is 19.1 Å². The third-order valence-corrected chi connectivity index (χ3v) is 10.5. The third-order valence-electron chi connectivity index (χ3n) is 9.61. The first-order valence-electron chi connectivity index (χ1n) is 16.8. The molecule has 1 saturated carbocycles. The molecule has 14 nitrogen and oxygen atoms in total. The summed E-state index contributed by atoms with van der Waals surface area (Å²) in [6.07, 6.45) is 7.59. The minimum absolute atomic E-state index is 0.0303. The highest BCUT2D eigenvalue weighted by Gasteiger charge is 2.62. The molecule has 3 aromatic rings. The number of hydrogen-bond donors (Lipinski definition) is 3. The molecule has 0 spiro atoms. The highest BCUT2D eigenvalue weighted by Crippen LogP contribution is 2.46. The van der Waals surface area contributed by atoms with Crippen LogP contribution in [0.15, 0.2) is 35.9 Å². The van der Waals surface area contributed by atoms with Crippen molar-refractivity contribution in [3.05, 3.63) is 35.9 Å². The summed E-state index contributed by atoms with van der Waals surface area (Å²) in [5.41, 5.74) is 0.154. The second-order valence-electron chi connectivity index (χ2n) is 13.4. The van der Waals surface area contributed by atoms with Gasteiger partial charge in [-0.25, -0.2) is 9.78 Å². The number of fused-ring (bicyclic) bond motifs is 3. The third kappa shape index (κ3) is 7.04. The summed E-state index contributed by atoms with van der Waals surface area (Å²) in [5, 5.41) is 22.3. The van der Waals surface area contributed by atoms with Gasteiger partial charge in [0.1, 0.15) is 40.2 Å². The Morgan fingerprint density at radius 3 is 2.73 bits per heavy atom. The molecule has 6 rings (SSSR count). The highest BCUT2D eigenvalue weighted by atomic mass is 32.1. The van der Waals surface area contributed by atoms with Crippen LogP contribution in [-0.4, -0.2) is 96.9 Å². The minimum atomic E-state index is -1.30. The zero-order valence-electron chi connectivity index (χ0n) is 28.1. The Morgan fingerprint density at radius 2 is 2.00 bits per heavy atom. The number of aliphatic hydroxyl groups is 1. The maximum atomic E-state index is 14.4. The molecule has 5 heterocycles. The van der Waals surface area contributed by atoms with Crippen molar-refractivity contribution in [1.29, 1.82) is 0 Å². The number of aliphatic hydroxyl groups excluding tert-OH is 1. The number of thiophene rings is 1. The largest absolute Gasteiger partial charge is 0.471 e. The summed E-state index contributed by atoms with van der Waals surface area (Å²) in [4.78, 5) is 65.4. The van der Waals surface area contributed by atoms with E-state index in [0.717, 1.165) is 24.0 Å². The van der Waals surface area contributed by atoms with Gasteiger partial charge in [0.15, 0.2) is 5.82 Å². The number of carbonyl (C=O) groups is 4. The van der Waals surface area contributed by atoms with Crippen LogP contribution in [0.2, 0.25) is 0 Å². The number of esters is 1. The van der Waals surface area contributed by atoms with Crippen molar-refractivity contribution in [2.75, 3.05) is 13.7 Å². The number of amides is 3. The van der Waals surface area contributed by atoms with Crippen LogP contribution in [0, 0.1) is 11.8 Å². The van der Waals surface area contributed by atoms with Crippen LogP contribution in [0.4, 0.5) is 0 Å². The zero-order valence-corrected chi connectivity index (χ0v) is 28.9. The Kier molecular flexibility index (Phi) is 10.0. The number of methoxy groups -OCH3 is 1. The average molecular weight is 694 g/mol. The SMILES string of the molecule is COC(=O)[C@@]12C[C@H]1C=CCCCCC[C@H](NC(=O)[C@@H](O)C(C)C)C(=O)N1C[C@H](Oc3nc(-c4ccnn4C)nc4ccsc34)C[C@H]1C(=O)N2. The number of carbonyl (C=O) groups excluding carboxylic acids is 4. The van der Waals surface area contributed by atoms with E-state index in [1.54, 1.807) is 37.8 Å². The number of nitrogens with zero attached hydrogens (tertiary/aromatic N) is 5. The molecule has 262 valence electrons. The predicted octanol–water partition coefficient (Wildman–Crippen LogP) is 2.51. The smallest absolute Gasteiger partial charge is 0.332 e. The Bertz CT molecular complexity index is 1750. The van der Waals surface area contributed by atoms with Crippen molar-refractivity contribution < 1.29 is 33.8 Å². The van der Waals surface area contributed by atoms with Crippen molar-refractivity contribution in [3.8, 4) is 17.4 Å². The Balaban J connectivity index is 1.33. The number of allylic oxidation sites excluding steroid dienone is 1. The molecule has 3 aliphatic rings. The zero-order chi connectivity index (χ0) is 34.9. The van der Waals surface area contributed by atoms with E-state index in [4.69, 9.17) is 14.5 Å². The summed E-state index contributed by atoms with van der Waals surface area (Å²) in [7, 11) is 3.08. The van der Waals surface area contributed by atoms with Crippen LogP contribution < -0.4 is 15.4 Å². The predicted molar refractivity (Wildman–Crippen MR) is 180 cm³/mol. The quantitative estimate of drug-likeness (QED) is 0.246. The van der Waals surface area contributed by atoms with Crippen molar-refractivity contribution >= 4 is 45.2 Å². The molecular formula is C34H43N7O7S. The van der Waals surface area contributed by atoms with Gasteiger partial charge in [-0.1, -0.05) is 38.8 Å². The lowest BCUT2D eigenvalue weighted by molar-refractivity contribution is -0.148. The second-order valence-corrected chi connectivity index (χ2v) is 14.3. The van der Waals surface area contributed by atoms with E-state index in [9.17, 15) is 24.3 Å². The van der Waals surface area contributed by atoms with E-state index < -0.39 is 53.5 Å². The van der Waals surface area contributed by atoms with Gasteiger partial charge >= 0.3 is 5.97 Å². The Labute approximate surface area is 288 Å². The molecule has 0 radical (unpaired) electrons. The van der Waals surface area contributed by atoms with Gasteiger partial charge < -0.3 is 30.1 Å². The van der Waals surface area contributed by atoms with Gasteiger partial charge in [-0.2, -0.15) is 10.1 Å². The lowest BCUT2D eigenvalue weighted by Gasteiger charge is -2.30. The molecule has 49 heavy (non-hydrogen) atoms. The van der Waals surface area contributed by atoms with Crippen molar-refractivity contribution in [3.63, 3.8) is 0 Å². The normalized spacial score (nSPS) is 26.7. The fourth-order valence-electron chi connectivity index (χ4n) is 6.66. The number of hydrogen-bond acceptors (Lipinski definition) is 11. The van der Waals surface area contributed by atoms with Crippen LogP contribution in [0.1, 0.15) is 58.8 Å². The molecule has 3 amide bonds. The molecule has 3 N–H and O–H groups in total. The summed E-state index contributed by atoms with van der Waals surface area (Å²) < 4.78 is 14.0. The van der Waals surface area contributed by atoms with E-state index in [1.165, 1.54) is 23.3 Å². The lowest BCUT2D eigenvalue weighted by atomic mass is 10.0. The molecule has 6 atom stereocenters. The molecule has 0 aromatic carbocycles. The van der Waals surface area contributed by atoms with Crippen LogP contribution in [0.3, 0.4) is 0 Å². The molecule has 1 aliphatic carbocycles. The van der Waals surface area contributed by atoms with Crippen LogP contribution in [0.25, 0.3) is 21.7 Å². The summed E-state index contributed by atoms with van der Waals surface area (Å²) in [6, 6.07) is 1.68. The van der Waals surface area contributed by atoms with Gasteiger partial charge in [0, 0.05) is 25.6 Å². The van der Waals surface area contributed by atoms with E-state index in [2.05, 4.69) is 20.7 Å². The van der Waals surface area contributed by atoms with Crippen molar-refractivity contribution in [2.45, 2.75) is 88.6 Å². The molecule has 3 aromatic heterocycles. The van der Waals surface area contributed by atoms with Crippen LogP contribution in [0.5, 0.6) is 5.88 Å². The molecule has 2 aliphatic heterocycles. The van der Waals surface area contributed by atoms with Gasteiger partial charge in [0.25, 0.3) is 0 Å². The van der Waals surface area contributed by atoms with E-state index in [0.29, 0.717) is 42.2 Å². The number of nitrogens with one attached hydrogen (secondary N) is 2. The average Bonchev–Trinajstić information content (AvgIpc) is 3.47. The molecule has 15 heteroatoms. The first-order chi connectivity index (χ1) is 23.5. The maximum absolute atomic E-state index is 14.4. The fraction of sp³-hybridized carbons (Fsp3) is 0.559. The fourth-order valence-corrected chi connectivity index (χ4v) is 7.42. The van der Waals surface area contributed by atoms with Crippen LogP contribution >= 0.6 is 11.3 Å².